The number of carbonyl (C=O) groups is 1. The molecule has 0 fully saturated rings. The van der Waals surface area contributed by atoms with E-state index in [2.05, 4.69) is 4.98 Å². The van der Waals surface area contributed by atoms with Crippen LogP contribution in [-0.2, 0) is 13.0 Å². The van der Waals surface area contributed by atoms with Crippen LogP contribution >= 0.6 is 0 Å². The van der Waals surface area contributed by atoms with Gasteiger partial charge in [-0.1, -0.05) is 18.2 Å². The van der Waals surface area contributed by atoms with Gasteiger partial charge >= 0.3 is 0 Å². The van der Waals surface area contributed by atoms with Gasteiger partial charge < -0.3 is 19.4 Å². The lowest BCUT2D eigenvalue weighted by molar-refractivity contribution is 0.0728. The zero-order valence-corrected chi connectivity index (χ0v) is 15.2. The summed E-state index contributed by atoms with van der Waals surface area (Å²) in [5, 5.41) is 1.34. The van der Waals surface area contributed by atoms with Crippen LogP contribution in [0.15, 0.2) is 47.3 Å². The highest BCUT2D eigenvalue weighted by Crippen LogP contribution is 2.33. The van der Waals surface area contributed by atoms with E-state index in [1.165, 1.54) is 0 Å². The van der Waals surface area contributed by atoms with E-state index in [0.717, 1.165) is 22.9 Å². The molecule has 2 heterocycles. The number of aromatic amines is 1. The summed E-state index contributed by atoms with van der Waals surface area (Å²) in [4.78, 5) is 29.7. The van der Waals surface area contributed by atoms with Crippen LogP contribution in [0.4, 0.5) is 0 Å². The fraction of sp³-hybridized carbons (Fsp3) is 0.238. The van der Waals surface area contributed by atoms with E-state index in [9.17, 15) is 9.59 Å². The molecule has 2 aromatic carbocycles. The molecule has 0 unspecified atom stereocenters. The quantitative estimate of drug-likeness (QED) is 0.776. The summed E-state index contributed by atoms with van der Waals surface area (Å²) in [6.07, 6.45) is 0.721. The van der Waals surface area contributed by atoms with Crippen LogP contribution in [-0.4, -0.2) is 36.6 Å². The summed E-state index contributed by atoms with van der Waals surface area (Å²) in [5.74, 6) is 1.15. The molecule has 1 aliphatic rings. The molecule has 0 radical (unpaired) electrons. The first-order chi connectivity index (χ1) is 13.1. The van der Waals surface area contributed by atoms with Gasteiger partial charge in [0.05, 0.1) is 14.2 Å². The Kier molecular flexibility index (Phi) is 4.32. The number of pyridine rings is 1. The van der Waals surface area contributed by atoms with Crippen LogP contribution in [0.3, 0.4) is 0 Å². The maximum absolute atomic E-state index is 13.0. The van der Waals surface area contributed by atoms with Crippen molar-refractivity contribution >= 4 is 16.7 Å². The fourth-order valence-corrected chi connectivity index (χ4v) is 3.55. The highest BCUT2D eigenvalue weighted by Gasteiger charge is 2.24. The third-order valence-corrected chi connectivity index (χ3v) is 4.99. The summed E-state index contributed by atoms with van der Waals surface area (Å²) in [6.45, 7) is 1.04. The number of nitrogens with zero attached hydrogens (tertiary/aromatic N) is 1. The first-order valence-corrected chi connectivity index (χ1v) is 8.76. The Morgan fingerprint density at radius 3 is 2.48 bits per heavy atom. The van der Waals surface area contributed by atoms with Crippen LogP contribution < -0.4 is 15.0 Å². The second-order valence-electron chi connectivity index (χ2n) is 6.55. The van der Waals surface area contributed by atoms with Gasteiger partial charge in [0.25, 0.3) is 11.5 Å². The highest BCUT2D eigenvalue weighted by molar-refractivity contribution is 5.96. The molecule has 1 aliphatic heterocycles. The van der Waals surface area contributed by atoms with Crippen molar-refractivity contribution in [3.8, 4) is 11.5 Å². The van der Waals surface area contributed by atoms with Crippen molar-refractivity contribution in [1.29, 1.82) is 0 Å². The van der Waals surface area contributed by atoms with Gasteiger partial charge in [-0.2, -0.15) is 0 Å². The molecule has 3 aromatic rings. The Balaban J connectivity index is 1.66. The van der Waals surface area contributed by atoms with Crippen molar-refractivity contribution in [2.45, 2.75) is 13.0 Å². The summed E-state index contributed by atoms with van der Waals surface area (Å²) >= 11 is 0. The molecule has 0 atom stereocenters. The zero-order valence-electron chi connectivity index (χ0n) is 15.2. The molecule has 6 nitrogen and oxygen atoms in total. The van der Waals surface area contributed by atoms with E-state index >= 15 is 0 Å². The van der Waals surface area contributed by atoms with Crippen molar-refractivity contribution in [1.82, 2.24) is 9.88 Å². The first kappa shape index (κ1) is 17.1. The van der Waals surface area contributed by atoms with Gasteiger partial charge in [-0.3, -0.25) is 9.59 Å². The number of nitrogens with one attached hydrogen (secondary N) is 1. The fourth-order valence-electron chi connectivity index (χ4n) is 3.55. The average molecular weight is 364 g/mol. The molecule has 4 rings (SSSR count). The Morgan fingerprint density at radius 2 is 1.74 bits per heavy atom. The third-order valence-electron chi connectivity index (χ3n) is 4.99. The van der Waals surface area contributed by atoms with E-state index in [-0.39, 0.29) is 11.5 Å². The number of benzene rings is 2. The van der Waals surface area contributed by atoms with Gasteiger partial charge in [-0.15, -0.1) is 0 Å². The van der Waals surface area contributed by atoms with Gasteiger partial charge in [-0.05, 0) is 47.2 Å². The second-order valence-corrected chi connectivity index (χ2v) is 6.55. The molecule has 0 spiro atoms. The number of methoxy groups -OCH3 is 2. The lowest BCUT2D eigenvalue weighted by Gasteiger charge is -2.29. The summed E-state index contributed by atoms with van der Waals surface area (Å²) in [5.41, 5.74) is 2.22. The maximum atomic E-state index is 13.0. The highest BCUT2D eigenvalue weighted by atomic mass is 16.5. The molecule has 0 bridgehead atoms. The molecule has 0 saturated carbocycles. The second kappa shape index (κ2) is 6.79. The smallest absolute Gasteiger partial charge is 0.270 e. The number of hydrogen-bond acceptors (Lipinski definition) is 4. The minimum absolute atomic E-state index is 0.182. The van der Waals surface area contributed by atoms with Gasteiger partial charge in [0.15, 0.2) is 11.5 Å². The first-order valence-electron chi connectivity index (χ1n) is 8.76. The number of carbonyl (C=O) groups excluding carboxylic acids is 1. The van der Waals surface area contributed by atoms with Gasteiger partial charge in [0.1, 0.15) is 5.69 Å². The topological polar surface area (TPSA) is 71.6 Å². The van der Waals surface area contributed by atoms with Crippen molar-refractivity contribution < 1.29 is 14.3 Å². The number of hydrogen-bond donors (Lipinski definition) is 1. The van der Waals surface area contributed by atoms with Crippen LogP contribution in [0.25, 0.3) is 10.8 Å². The van der Waals surface area contributed by atoms with Crippen LogP contribution in [0.1, 0.15) is 21.6 Å². The molecule has 27 heavy (non-hydrogen) atoms. The molecular weight excluding hydrogens is 344 g/mol. The number of aromatic nitrogens is 1. The number of H-pyrrole nitrogens is 1. The molecule has 6 heteroatoms. The SMILES string of the molecule is COc1cc2c(cc1OC)CN(C(=O)c1cc3ccccc3c(=O)[nH]1)CC2. The van der Waals surface area contributed by atoms with Crippen molar-refractivity contribution in [2.24, 2.45) is 0 Å². The minimum atomic E-state index is -0.250. The third kappa shape index (κ3) is 3.03. The normalized spacial score (nSPS) is 13.3. The lowest BCUT2D eigenvalue weighted by Crippen LogP contribution is -2.37. The lowest BCUT2D eigenvalue weighted by atomic mass is 9.98. The monoisotopic (exact) mass is 364 g/mol. The molecule has 1 amide bonds. The predicted molar refractivity (Wildman–Crippen MR) is 103 cm³/mol. The van der Waals surface area contributed by atoms with E-state index in [1.807, 2.05) is 30.3 Å². The van der Waals surface area contributed by atoms with Gasteiger partial charge in [0, 0.05) is 18.5 Å². The standard InChI is InChI=1S/C21H20N2O4/c1-26-18-10-13-7-8-23(12-15(13)11-19(18)27-2)21(25)17-9-14-5-3-4-6-16(14)20(24)22-17/h3-6,9-11H,7-8,12H2,1-2H3,(H,22,24). The summed E-state index contributed by atoms with van der Waals surface area (Å²) < 4.78 is 10.7. The number of amides is 1. The van der Waals surface area contributed by atoms with Gasteiger partial charge in [0.2, 0.25) is 0 Å². The van der Waals surface area contributed by atoms with Crippen LogP contribution in [0.2, 0.25) is 0 Å². The Labute approximate surface area is 156 Å². The molecule has 0 saturated heterocycles. The molecule has 1 N–H and O–H groups in total. The Morgan fingerprint density at radius 1 is 1.04 bits per heavy atom. The largest absolute Gasteiger partial charge is 0.493 e. The molecular formula is C21H20N2O4. The van der Waals surface area contributed by atoms with E-state index in [1.54, 1.807) is 31.3 Å². The molecule has 0 aliphatic carbocycles. The molecule has 138 valence electrons. The number of rotatable bonds is 3. The Hall–Kier alpha value is -3.28. The predicted octanol–water partition coefficient (Wildman–Crippen LogP) is 2.74. The number of fused-ring (bicyclic) bond motifs is 2. The van der Waals surface area contributed by atoms with E-state index < -0.39 is 0 Å². The van der Waals surface area contributed by atoms with Crippen molar-refractivity contribution in [2.75, 3.05) is 20.8 Å². The average Bonchev–Trinajstić information content (AvgIpc) is 2.71. The van der Waals surface area contributed by atoms with Gasteiger partial charge in [-0.25, -0.2) is 0 Å². The maximum Gasteiger partial charge on any atom is 0.270 e. The van der Waals surface area contributed by atoms with E-state index in [4.69, 9.17) is 9.47 Å². The molecule has 1 aromatic heterocycles. The van der Waals surface area contributed by atoms with E-state index in [0.29, 0.717) is 35.7 Å². The summed E-state index contributed by atoms with van der Waals surface area (Å²) in [7, 11) is 3.20. The van der Waals surface area contributed by atoms with Crippen LogP contribution in [0.5, 0.6) is 11.5 Å². The van der Waals surface area contributed by atoms with Crippen molar-refractivity contribution in [3.05, 3.63) is 69.6 Å². The Bertz CT molecular complexity index is 1090. The van der Waals surface area contributed by atoms with Crippen molar-refractivity contribution in [3.63, 3.8) is 0 Å². The zero-order chi connectivity index (χ0) is 19.0. The minimum Gasteiger partial charge on any atom is -0.493 e. The number of ether oxygens (including phenoxy) is 2. The van der Waals surface area contributed by atoms with Crippen LogP contribution in [0, 0.1) is 0 Å². The summed E-state index contributed by atoms with van der Waals surface area (Å²) in [6, 6.07) is 12.9.